The van der Waals surface area contributed by atoms with Gasteiger partial charge >= 0.3 is 12.0 Å². The zero-order valence-electron chi connectivity index (χ0n) is 12.1. The number of hydrogen-bond donors (Lipinski definition) is 3. The lowest BCUT2D eigenvalue weighted by atomic mass is 9.97. The summed E-state index contributed by atoms with van der Waals surface area (Å²) in [6.45, 7) is 0. The summed E-state index contributed by atoms with van der Waals surface area (Å²) in [4.78, 5) is 22.9. The van der Waals surface area contributed by atoms with Gasteiger partial charge in [-0.05, 0) is 32.1 Å². The van der Waals surface area contributed by atoms with Crippen molar-refractivity contribution in [2.75, 3.05) is 0 Å². The van der Waals surface area contributed by atoms with E-state index < -0.39 is 5.97 Å². The van der Waals surface area contributed by atoms with Gasteiger partial charge < -0.3 is 15.7 Å². The third kappa shape index (κ3) is 4.69. The summed E-state index contributed by atoms with van der Waals surface area (Å²) in [5.41, 5.74) is 0. The Morgan fingerprint density at radius 3 is 2.00 bits per heavy atom. The van der Waals surface area contributed by atoms with Gasteiger partial charge in [0, 0.05) is 12.1 Å². The van der Waals surface area contributed by atoms with Crippen LogP contribution in [-0.2, 0) is 4.79 Å². The number of urea groups is 1. The fraction of sp³-hybridized carbons (Fsp3) is 0.867. The number of carboxylic acids is 1. The van der Waals surface area contributed by atoms with E-state index >= 15 is 0 Å². The van der Waals surface area contributed by atoms with Crippen molar-refractivity contribution in [3.63, 3.8) is 0 Å². The Bertz CT molecular complexity index is 338. The van der Waals surface area contributed by atoms with Crippen LogP contribution < -0.4 is 10.6 Å². The summed E-state index contributed by atoms with van der Waals surface area (Å²) in [6.07, 6.45) is 10.4. The smallest absolute Gasteiger partial charge is 0.315 e. The highest BCUT2D eigenvalue weighted by atomic mass is 16.4. The van der Waals surface area contributed by atoms with Gasteiger partial charge in [0.1, 0.15) is 0 Å². The molecule has 2 atom stereocenters. The molecule has 2 amide bonds. The van der Waals surface area contributed by atoms with Gasteiger partial charge in [0.25, 0.3) is 0 Å². The van der Waals surface area contributed by atoms with Crippen molar-refractivity contribution < 1.29 is 14.7 Å². The van der Waals surface area contributed by atoms with Crippen molar-refractivity contribution in [1.29, 1.82) is 0 Å². The molecule has 2 rings (SSSR count). The molecule has 2 fully saturated rings. The molecule has 0 aliphatic heterocycles. The van der Waals surface area contributed by atoms with E-state index in [2.05, 4.69) is 10.6 Å². The fourth-order valence-corrected chi connectivity index (χ4v) is 3.35. The van der Waals surface area contributed by atoms with Gasteiger partial charge in [-0.3, -0.25) is 4.79 Å². The quantitative estimate of drug-likeness (QED) is 0.744. The summed E-state index contributed by atoms with van der Waals surface area (Å²) >= 11 is 0. The van der Waals surface area contributed by atoms with Crippen LogP contribution in [0.4, 0.5) is 4.79 Å². The zero-order valence-corrected chi connectivity index (χ0v) is 12.1. The number of rotatable bonds is 3. The number of carbonyl (C=O) groups excluding carboxylic acids is 1. The molecule has 0 aromatic rings. The number of carboxylic acid groups (broad SMARTS) is 1. The summed E-state index contributed by atoms with van der Waals surface area (Å²) in [5, 5.41) is 14.9. The predicted molar refractivity (Wildman–Crippen MR) is 76.5 cm³/mol. The van der Waals surface area contributed by atoms with Crippen LogP contribution >= 0.6 is 0 Å². The number of nitrogens with one attached hydrogen (secondary N) is 2. The Kier molecular flexibility index (Phi) is 5.68. The first-order valence-electron chi connectivity index (χ1n) is 7.95. The SMILES string of the molecule is O=C(NC1CCCCCCC1)N[C@H]1CC[C@@H](C(=O)O)C1. The second kappa shape index (κ2) is 7.50. The third-order valence-electron chi connectivity index (χ3n) is 4.56. The van der Waals surface area contributed by atoms with Crippen LogP contribution in [0.1, 0.15) is 64.2 Å². The highest BCUT2D eigenvalue weighted by Crippen LogP contribution is 2.25. The van der Waals surface area contributed by atoms with Crippen LogP contribution in [0.25, 0.3) is 0 Å². The van der Waals surface area contributed by atoms with Gasteiger partial charge in [-0.2, -0.15) is 0 Å². The molecular formula is C15H26N2O3. The highest BCUT2D eigenvalue weighted by molar-refractivity contribution is 5.75. The monoisotopic (exact) mass is 282 g/mol. The summed E-state index contributed by atoms with van der Waals surface area (Å²) in [7, 11) is 0. The predicted octanol–water partition coefficient (Wildman–Crippen LogP) is 2.65. The molecule has 5 nitrogen and oxygen atoms in total. The minimum Gasteiger partial charge on any atom is -0.481 e. The van der Waals surface area contributed by atoms with E-state index in [1.54, 1.807) is 0 Å². The summed E-state index contributed by atoms with van der Waals surface area (Å²) in [6, 6.07) is 0.184. The number of carbonyl (C=O) groups is 2. The number of hydrogen-bond acceptors (Lipinski definition) is 2. The highest BCUT2D eigenvalue weighted by Gasteiger charge is 2.30. The molecule has 0 unspecified atom stereocenters. The molecule has 2 aliphatic carbocycles. The maximum Gasteiger partial charge on any atom is 0.315 e. The molecule has 114 valence electrons. The minimum atomic E-state index is -0.741. The maximum absolute atomic E-state index is 12.0. The van der Waals surface area contributed by atoms with E-state index in [0.717, 1.165) is 19.3 Å². The van der Waals surface area contributed by atoms with E-state index in [-0.39, 0.29) is 24.0 Å². The van der Waals surface area contributed by atoms with Crippen molar-refractivity contribution in [3.8, 4) is 0 Å². The molecule has 0 spiro atoms. The van der Waals surface area contributed by atoms with Crippen molar-refractivity contribution in [1.82, 2.24) is 10.6 Å². The fourth-order valence-electron chi connectivity index (χ4n) is 3.35. The van der Waals surface area contributed by atoms with Crippen molar-refractivity contribution in [3.05, 3.63) is 0 Å². The topological polar surface area (TPSA) is 78.4 Å². The van der Waals surface area contributed by atoms with E-state index in [4.69, 9.17) is 5.11 Å². The third-order valence-corrected chi connectivity index (χ3v) is 4.56. The van der Waals surface area contributed by atoms with Gasteiger partial charge in [0.2, 0.25) is 0 Å². The van der Waals surface area contributed by atoms with Crippen LogP contribution in [0.5, 0.6) is 0 Å². The molecule has 5 heteroatoms. The van der Waals surface area contributed by atoms with Crippen LogP contribution in [0.2, 0.25) is 0 Å². The lowest BCUT2D eigenvalue weighted by molar-refractivity contribution is -0.141. The van der Waals surface area contributed by atoms with E-state index in [0.29, 0.717) is 12.8 Å². The molecule has 2 saturated carbocycles. The zero-order chi connectivity index (χ0) is 14.4. The molecule has 0 radical (unpaired) electrons. The Morgan fingerprint density at radius 1 is 0.800 bits per heavy atom. The maximum atomic E-state index is 12.0. The van der Waals surface area contributed by atoms with Crippen LogP contribution in [0.15, 0.2) is 0 Å². The van der Waals surface area contributed by atoms with Crippen molar-refractivity contribution in [2.45, 2.75) is 76.3 Å². The van der Waals surface area contributed by atoms with E-state index in [1.165, 1.54) is 32.1 Å². The molecule has 0 saturated heterocycles. The first kappa shape index (κ1) is 15.1. The molecule has 0 heterocycles. The van der Waals surface area contributed by atoms with Gasteiger partial charge in [0.15, 0.2) is 0 Å². The molecule has 2 aliphatic rings. The average molecular weight is 282 g/mol. The van der Waals surface area contributed by atoms with Gasteiger partial charge in [-0.1, -0.05) is 32.1 Å². The van der Waals surface area contributed by atoms with Crippen LogP contribution in [0.3, 0.4) is 0 Å². The summed E-state index contributed by atoms with van der Waals surface area (Å²) < 4.78 is 0. The van der Waals surface area contributed by atoms with Crippen LogP contribution in [0, 0.1) is 5.92 Å². The largest absolute Gasteiger partial charge is 0.481 e. The van der Waals surface area contributed by atoms with Crippen molar-refractivity contribution >= 4 is 12.0 Å². The molecule has 0 bridgehead atoms. The lowest BCUT2D eigenvalue weighted by Gasteiger charge is -2.22. The number of amides is 2. The lowest BCUT2D eigenvalue weighted by Crippen LogP contribution is -2.45. The normalized spacial score (nSPS) is 28.4. The molecular weight excluding hydrogens is 256 g/mol. The van der Waals surface area contributed by atoms with E-state index in [9.17, 15) is 9.59 Å². The molecule has 20 heavy (non-hydrogen) atoms. The minimum absolute atomic E-state index is 0.0182. The first-order valence-corrected chi connectivity index (χ1v) is 7.95. The Hall–Kier alpha value is -1.26. The molecule has 0 aromatic carbocycles. The Balaban J connectivity index is 1.70. The van der Waals surface area contributed by atoms with Gasteiger partial charge in [-0.15, -0.1) is 0 Å². The second-order valence-electron chi connectivity index (χ2n) is 6.20. The second-order valence-corrected chi connectivity index (χ2v) is 6.20. The van der Waals surface area contributed by atoms with E-state index in [1.807, 2.05) is 0 Å². The van der Waals surface area contributed by atoms with Gasteiger partial charge in [0.05, 0.1) is 5.92 Å². The van der Waals surface area contributed by atoms with Crippen molar-refractivity contribution in [2.24, 2.45) is 5.92 Å². The standard InChI is InChI=1S/C15H26N2O3/c18-14(19)11-8-9-13(10-11)17-15(20)16-12-6-4-2-1-3-5-7-12/h11-13H,1-10H2,(H,18,19)(H2,16,17,20)/t11-,13+/m1/s1. The Morgan fingerprint density at radius 2 is 1.40 bits per heavy atom. The average Bonchev–Trinajstić information content (AvgIpc) is 2.81. The molecule has 3 N–H and O–H groups in total. The van der Waals surface area contributed by atoms with Gasteiger partial charge in [-0.25, -0.2) is 4.79 Å². The molecule has 0 aromatic heterocycles. The summed E-state index contributed by atoms with van der Waals surface area (Å²) in [5.74, 6) is -1.03. The first-order chi connectivity index (χ1) is 9.65. The Labute approximate surface area is 120 Å². The van der Waals surface area contributed by atoms with Crippen LogP contribution in [-0.4, -0.2) is 29.2 Å². The number of aliphatic carboxylic acids is 1.